The Hall–Kier alpha value is -2.95. The Kier molecular flexibility index (Phi) is 2.20. The molecule has 2 N–H and O–H groups in total. The number of anilines is 1. The van der Waals surface area contributed by atoms with Gasteiger partial charge in [0.15, 0.2) is 5.65 Å². The number of hydrogen-bond acceptors (Lipinski definition) is 4. The summed E-state index contributed by atoms with van der Waals surface area (Å²) in [6, 6.07) is 12.0. The van der Waals surface area contributed by atoms with E-state index in [0.717, 1.165) is 27.7 Å². The van der Waals surface area contributed by atoms with Crippen LogP contribution in [0.5, 0.6) is 0 Å². The van der Waals surface area contributed by atoms with Gasteiger partial charge >= 0.3 is 0 Å². The van der Waals surface area contributed by atoms with Gasteiger partial charge < -0.3 is 5.73 Å². The molecule has 0 saturated carbocycles. The maximum Gasteiger partial charge on any atom is 0.163 e. The molecule has 0 aliphatic heterocycles. The van der Waals surface area contributed by atoms with E-state index >= 15 is 0 Å². The van der Waals surface area contributed by atoms with Gasteiger partial charge in [0.05, 0.1) is 17.1 Å². The first-order chi connectivity index (χ1) is 9.84. The Morgan fingerprint density at radius 3 is 2.65 bits per heavy atom. The zero-order valence-corrected chi connectivity index (χ0v) is 10.6. The lowest BCUT2D eigenvalue weighted by atomic mass is 10.1. The van der Waals surface area contributed by atoms with Crippen LogP contribution in [0.1, 0.15) is 0 Å². The number of nitrogens with two attached hydrogens (primary N) is 1. The van der Waals surface area contributed by atoms with Crippen LogP contribution in [-0.2, 0) is 0 Å². The number of fused-ring (bicyclic) bond motifs is 3. The molecular weight excluding hydrogens is 250 g/mol. The fourth-order valence-electron chi connectivity index (χ4n) is 2.39. The van der Waals surface area contributed by atoms with Gasteiger partial charge in [-0.2, -0.15) is 5.10 Å². The van der Waals surface area contributed by atoms with E-state index in [4.69, 9.17) is 5.73 Å². The normalized spacial score (nSPS) is 11.2. The van der Waals surface area contributed by atoms with Gasteiger partial charge in [-0.15, -0.1) is 0 Å². The van der Waals surface area contributed by atoms with Gasteiger partial charge in [-0.25, -0.2) is 14.5 Å². The van der Waals surface area contributed by atoms with E-state index in [9.17, 15) is 0 Å². The Morgan fingerprint density at radius 2 is 1.80 bits per heavy atom. The summed E-state index contributed by atoms with van der Waals surface area (Å²) in [4.78, 5) is 8.56. The Balaban J connectivity index is 2.08. The molecule has 3 heterocycles. The fraction of sp³-hybridized carbons (Fsp3) is 0. The molecule has 0 atom stereocenters. The lowest BCUT2D eigenvalue weighted by molar-refractivity contribution is 0.982. The molecule has 0 fully saturated rings. The van der Waals surface area contributed by atoms with Crippen molar-refractivity contribution in [3.8, 4) is 11.1 Å². The van der Waals surface area contributed by atoms with Crippen molar-refractivity contribution in [2.75, 3.05) is 5.73 Å². The highest BCUT2D eigenvalue weighted by Gasteiger charge is 2.11. The molecule has 0 aliphatic rings. The predicted molar refractivity (Wildman–Crippen MR) is 78.1 cm³/mol. The summed E-state index contributed by atoms with van der Waals surface area (Å²) in [6.07, 6.45) is 5.26. The monoisotopic (exact) mass is 261 g/mol. The van der Waals surface area contributed by atoms with Crippen LogP contribution < -0.4 is 5.73 Å². The third kappa shape index (κ3) is 1.46. The molecule has 0 radical (unpaired) electrons. The number of hydrogen-bond donors (Lipinski definition) is 1. The Bertz CT molecular complexity index is 912. The Labute approximate surface area is 114 Å². The van der Waals surface area contributed by atoms with Crippen molar-refractivity contribution in [1.82, 2.24) is 19.6 Å². The lowest BCUT2D eigenvalue weighted by Crippen LogP contribution is -1.97. The van der Waals surface area contributed by atoms with Crippen LogP contribution in [0.3, 0.4) is 0 Å². The van der Waals surface area contributed by atoms with Crippen LogP contribution in [0.2, 0.25) is 0 Å². The van der Waals surface area contributed by atoms with Crippen LogP contribution in [-0.4, -0.2) is 19.6 Å². The second-order valence-electron chi connectivity index (χ2n) is 4.55. The zero-order chi connectivity index (χ0) is 13.5. The molecule has 20 heavy (non-hydrogen) atoms. The second-order valence-corrected chi connectivity index (χ2v) is 4.55. The summed E-state index contributed by atoms with van der Waals surface area (Å²) in [5, 5.41) is 5.24. The number of pyridine rings is 1. The fourth-order valence-corrected chi connectivity index (χ4v) is 2.39. The highest BCUT2D eigenvalue weighted by Crippen LogP contribution is 2.26. The number of benzene rings is 1. The summed E-state index contributed by atoms with van der Waals surface area (Å²) in [5.41, 5.74) is 9.69. The molecule has 96 valence electrons. The SMILES string of the molecule is Nc1nccc2c1cnc1c(-c3ccccc3)cnn12. The van der Waals surface area contributed by atoms with Crippen molar-refractivity contribution < 1.29 is 0 Å². The third-order valence-corrected chi connectivity index (χ3v) is 3.37. The van der Waals surface area contributed by atoms with Crippen LogP contribution >= 0.6 is 0 Å². The lowest BCUT2D eigenvalue weighted by Gasteiger charge is -2.03. The quantitative estimate of drug-likeness (QED) is 0.571. The van der Waals surface area contributed by atoms with E-state index in [1.54, 1.807) is 16.9 Å². The number of rotatable bonds is 1. The number of nitrogens with zero attached hydrogens (tertiary/aromatic N) is 4. The van der Waals surface area contributed by atoms with Crippen molar-refractivity contribution in [3.63, 3.8) is 0 Å². The van der Waals surface area contributed by atoms with Crippen molar-refractivity contribution >= 4 is 22.4 Å². The van der Waals surface area contributed by atoms with Gasteiger partial charge in [-0.3, -0.25) is 0 Å². The summed E-state index contributed by atoms with van der Waals surface area (Å²) in [7, 11) is 0. The highest BCUT2D eigenvalue weighted by molar-refractivity contribution is 5.91. The van der Waals surface area contributed by atoms with E-state index in [1.165, 1.54) is 0 Å². The van der Waals surface area contributed by atoms with E-state index in [-0.39, 0.29) is 0 Å². The van der Waals surface area contributed by atoms with Gasteiger partial charge in [-0.1, -0.05) is 30.3 Å². The smallest absolute Gasteiger partial charge is 0.163 e. The molecule has 0 spiro atoms. The first-order valence-electron chi connectivity index (χ1n) is 6.27. The molecule has 0 amide bonds. The standard InChI is InChI=1S/C15H11N5/c16-14-12-8-18-15-11(10-4-2-1-3-5-10)9-19-20(15)13(12)6-7-17-14/h1-9H,(H2,16,17). The summed E-state index contributed by atoms with van der Waals surface area (Å²) >= 11 is 0. The minimum atomic E-state index is 0.466. The molecule has 0 unspecified atom stereocenters. The average Bonchev–Trinajstić information content (AvgIpc) is 2.93. The molecule has 5 heteroatoms. The van der Waals surface area contributed by atoms with E-state index < -0.39 is 0 Å². The molecule has 0 saturated heterocycles. The number of aromatic nitrogens is 4. The molecular formula is C15H11N5. The molecule has 1 aromatic carbocycles. The van der Waals surface area contributed by atoms with Crippen LogP contribution in [0.25, 0.3) is 27.7 Å². The van der Waals surface area contributed by atoms with Crippen molar-refractivity contribution in [2.45, 2.75) is 0 Å². The maximum absolute atomic E-state index is 5.87. The van der Waals surface area contributed by atoms with Gasteiger partial charge in [0.25, 0.3) is 0 Å². The molecule has 4 rings (SSSR count). The Morgan fingerprint density at radius 1 is 0.950 bits per heavy atom. The highest BCUT2D eigenvalue weighted by atomic mass is 15.2. The van der Waals surface area contributed by atoms with Crippen molar-refractivity contribution in [2.24, 2.45) is 0 Å². The first kappa shape index (κ1) is 10.9. The number of nitrogen functional groups attached to an aromatic ring is 1. The molecule has 5 nitrogen and oxygen atoms in total. The predicted octanol–water partition coefficient (Wildman–Crippen LogP) is 2.53. The average molecular weight is 261 g/mol. The summed E-state index contributed by atoms with van der Waals surface area (Å²) in [5.74, 6) is 0.466. The van der Waals surface area contributed by atoms with Crippen LogP contribution in [0, 0.1) is 0 Å². The van der Waals surface area contributed by atoms with E-state index in [2.05, 4.69) is 15.1 Å². The van der Waals surface area contributed by atoms with Crippen molar-refractivity contribution in [1.29, 1.82) is 0 Å². The largest absolute Gasteiger partial charge is 0.383 e. The van der Waals surface area contributed by atoms with Crippen molar-refractivity contribution in [3.05, 3.63) is 55.0 Å². The van der Waals surface area contributed by atoms with Gasteiger partial charge in [0.2, 0.25) is 0 Å². The van der Waals surface area contributed by atoms with Gasteiger partial charge in [-0.05, 0) is 11.6 Å². The molecule has 0 bridgehead atoms. The molecule has 3 aromatic heterocycles. The topological polar surface area (TPSA) is 69.1 Å². The maximum atomic E-state index is 5.87. The molecule has 4 aromatic rings. The van der Waals surface area contributed by atoms with Crippen LogP contribution in [0.4, 0.5) is 5.82 Å². The van der Waals surface area contributed by atoms with Gasteiger partial charge in [0.1, 0.15) is 5.82 Å². The molecule has 0 aliphatic carbocycles. The summed E-state index contributed by atoms with van der Waals surface area (Å²) in [6.45, 7) is 0. The second kappa shape index (κ2) is 4.03. The third-order valence-electron chi connectivity index (χ3n) is 3.37. The minimum Gasteiger partial charge on any atom is -0.383 e. The van der Waals surface area contributed by atoms with Crippen LogP contribution in [0.15, 0.2) is 55.0 Å². The van der Waals surface area contributed by atoms with E-state index in [1.807, 2.05) is 42.6 Å². The summed E-state index contributed by atoms with van der Waals surface area (Å²) < 4.78 is 1.80. The zero-order valence-electron chi connectivity index (χ0n) is 10.6. The van der Waals surface area contributed by atoms with E-state index in [0.29, 0.717) is 5.82 Å². The minimum absolute atomic E-state index is 0.466. The first-order valence-corrected chi connectivity index (χ1v) is 6.27. The van der Waals surface area contributed by atoms with Gasteiger partial charge in [0, 0.05) is 18.0 Å².